The fourth-order valence-corrected chi connectivity index (χ4v) is 2.24. The van der Waals surface area contributed by atoms with Crippen LogP contribution in [0.15, 0.2) is 24.4 Å². The Kier molecular flexibility index (Phi) is 4.80. The Balaban J connectivity index is 2.34. The van der Waals surface area contributed by atoms with E-state index in [9.17, 15) is 13.6 Å². The van der Waals surface area contributed by atoms with E-state index in [0.29, 0.717) is 15.6 Å². The lowest BCUT2D eigenvalue weighted by molar-refractivity contribution is 0.0589. The molecule has 0 N–H and O–H groups in total. The van der Waals surface area contributed by atoms with Crippen LogP contribution in [0.25, 0.3) is 0 Å². The van der Waals surface area contributed by atoms with Gasteiger partial charge in [-0.25, -0.2) is 13.6 Å². The van der Waals surface area contributed by atoms with E-state index in [0.717, 1.165) is 7.11 Å². The molecule has 0 saturated carbocycles. The molecule has 2 rings (SSSR count). The number of benzene rings is 1. The highest BCUT2D eigenvalue weighted by Crippen LogP contribution is 2.25. The summed E-state index contributed by atoms with van der Waals surface area (Å²) >= 11 is 11.8. The molecule has 0 aliphatic carbocycles. The molecule has 8 heteroatoms. The van der Waals surface area contributed by atoms with Crippen LogP contribution in [0, 0.1) is 0 Å². The number of nitrogens with zero attached hydrogens (tertiary/aromatic N) is 2. The Morgan fingerprint density at radius 2 is 2.14 bits per heavy atom. The van der Waals surface area contributed by atoms with Gasteiger partial charge in [-0.1, -0.05) is 29.3 Å². The lowest BCUT2D eigenvalue weighted by atomic mass is 10.2. The lowest BCUT2D eigenvalue weighted by Gasteiger charge is -2.04. The largest absolute Gasteiger partial charge is 0.465 e. The van der Waals surface area contributed by atoms with Gasteiger partial charge in [0, 0.05) is 16.2 Å². The van der Waals surface area contributed by atoms with Crippen molar-refractivity contribution in [1.82, 2.24) is 9.78 Å². The lowest BCUT2D eigenvalue weighted by Crippen LogP contribution is -2.03. The molecule has 0 atom stereocenters. The SMILES string of the molecule is COC(=O)c1cn(Cc2ccc(Cl)cc2Cl)nc1C(F)F. The fourth-order valence-electron chi connectivity index (χ4n) is 1.77. The summed E-state index contributed by atoms with van der Waals surface area (Å²) in [6.07, 6.45) is -1.67. The number of esters is 1. The molecule has 2 aromatic rings. The van der Waals surface area contributed by atoms with Crippen molar-refractivity contribution in [2.24, 2.45) is 0 Å². The number of hydrogen-bond donors (Lipinski definition) is 0. The number of carbonyl (C=O) groups is 1. The summed E-state index contributed by atoms with van der Waals surface area (Å²) in [5.74, 6) is -0.862. The molecule has 0 amide bonds. The van der Waals surface area contributed by atoms with E-state index in [2.05, 4.69) is 9.84 Å². The van der Waals surface area contributed by atoms with Crippen LogP contribution in [0.1, 0.15) is 28.0 Å². The first kappa shape index (κ1) is 15.7. The maximum Gasteiger partial charge on any atom is 0.341 e. The standard InChI is InChI=1S/C13H10Cl2F2N2O2/c1-21-13(20)9-6-19(18-11(9)12(16)17)5-7-2-3-8(14)4-10(7)15/h2-4,6,12H,5H2,1H3. The van der Waals surface area contributed by atoms with E-state index in [4.69, 9.17) is 23.2 Å². The van der Waals surface area contributed by atoms with Crippen molar-refractivity contribution in [1.29, 1.82) is 0 Å². The van der Waals surface area contributed by atoms with Gasteiger partial charge in [-0.05, 0) is 17.7 Å². The summed E-state index contributed by atoms with van der Waals surface area (Å²) in [5, 5.41) is 4.56. The van der Waals surface area contributed by atoms with Gasteiger partial charge in [-0.15, -0.1) is 0 Å². The molecule has 112 valence electrons. The molecule has 0 spiro atoms. The second-order valence-electron chi connectivity index (χ2n) is 4.15. The minimum atomic E-state index is -2.87. The van der Waals surface area contributed by atoms with Gasteiger partial charge >= 0.3 is 5.97 Å². The molecule has 0 aliphatic heterocycles. The third kappa shape index (κ3) is 3.51. The summed E-state index contributed by atoms with van der Waals surface area (Å²) in [6, 6.07) is 4.82. The molecule has 0 unspecified atom stereocenters. The van der Waals surface area contributed by atoms with Crippen molar-refractivity contribution in [2.45, 2.75) is 13.0 Å². The van der Waals surface area contributed by atoms with E-state index >= 15 is 0 Å². The normalized spacial score (nSPS) is 11.0. The van der Waals surface area contributed by atoms with Crippen LogP contribution in [0.5, 0.6) is 0 Å². The topological polar surface area (TPSA) is 44.1 Å². The Bertz CT molecular complexity index is 674. The van der Waals surface area contributed by atoms with Crippen molar-refractivity contribution in [3.8, 4) is 0 Å². The van der Waals surface area contributed by atoms with Gasteiger partial charge in [0.05, 0.1) is 13.7 Å². The Labute approximate surface area is 129 Å². The number of rotatable bonds is 4. The monoisotopic (exact) mass is 334 g/mol. The van der Waals surface area contributed by atoms with Crippen LogP contribution in [-0.4, -0.2) is 22.9 Å². The van der Waals surface area contributed by atoms with Gasteiger partial charge in [-0.3, -0.25) is 4.68 Å². The zero-order chi connectivity index (χ0) is 15.6. The maximum atomic E-state index is 12.9. The Hall–Kier alpha value is -1.66. The molecule has 1 heterocycles. The van der Waals surface area contributed by atoms with E-state index in [1.165, 1.54) is 16.9 Å². The number of carbonyl (C=O) groups excluding carboxylic acids is 1. The molecule has 21 heavy (non-hydrogen) atoms. The summed E-state index contributed by atoms with van der Waals surface area (Å²) in [4.78, 5) is 11.5. The average Bonchev–Trinajstić information content (AvgIpc) is 2.85. The summed E-state index contributed by atoms with van der Waals surface area (Å²) in [5.41, 5.74) is -0.245. The van der Waals surface area contributed by atoms with E-state index in [1.807, 2.05) is 0 Å². The molecule has 1 aromatic heterocycles. The highest BCUT2D eigenvalue weighted by Gasteiger charge is 2.24. The summed E-state index contributed by atoms with van der Waals surface area (Å²) in [7, 11) is 1.12. The molecule has 0 aliphatic rings. The van der Waals surface area contributed by atoms with Crippen molar-refractivity contribution in [3.63, 3.8) is 0 Å². The number of methoxy groups -OCH3 is 1. The van der Waals surface area contributed by atoms with Crippen molar-refractivity contribution in [3.05, 3.63) is 51.3 Å². The zero-order valence-electron chi connectivity index (χ0n) is 10.8. The summed E-state index contributed by atoms with van der Waals surface area (Å²) < 4.78 is 31.4. The second-order valence-corrected chi connectivity index (χ2v) is 5.00. The second kappa shape index (κ2) is 6.41. The first-order valence-corrected chi connectivity index (χ1v) is 6.55. The van der Waals surface area contributed by atoms with Crippen molar-refractivity contribution >= 4 is 29.2 Å². The first-order chi connectivity index (χ1) is 9.92. The number of halogens is 4. The van der Waals surface area contributed by atoms with Crippen LogP contribution in [-0.2, 0) is 11.3 Å². The molecular formula is C13H10Cl2F2N2O2. The zero-order valence-corrected chi connectivity index (χ0v) is 12.3. The van der Waals surface area contributed by atoms with E-state index in [1.54, 1.807) is 12.1 Å². The van der Waals surface area contributed by atoms with Gasteiger partial charge in [0.15, 0.2) is 0 Å². The minimum absolute atomic E-state index is 0.132. The van der Waals surface area contributed by atoms with Gasteiger partial charge in [0.1, 0.15) is 11.3 Å². The molecule has 1 aromatic carbocycles. The minimum Gasteiger partial charge on any atom is -0.465 e. The highest BCUT2D eigenvalue weighted by atomic mass is 35.5. The van der Waals surface area contributed by atoms with Crippen LogP contribution in [0.3, 0.4) is 0 Å². The Morgan fingerprint density at radius 1 is 1.43 bits per heavy atom. The van der Waals surface area contributed by atoms with Crippen LogP contribution in [0.4, 0.5) is 8.78 Å². The third-order valence-corrected chi connectivity index (χ3v) is 3.34. The average molecular weight is 335 g/mol. The number of alkyl halides is 2. The van der Waals surface area contributed by atoms with Crippen molar-refractivity contribution < 1.29 is 18.3 Å². The van der Waals surface area contributed by atoms with Gasteiger partial charge < -0.3 is 4.74 Å². The predicted molar refractivity (Wildman–Crippen MR) is 74.1 cm³/mol. The van der Waals surface area contributed by atoms with E-state index in [-0.39, 0.29) is 12.1 Å². The highest BCUT2D eigenvalue weighted by molar-refractivity contribution is 6.35. The quantitative estimate of drug-likeness (QED) is 0.795. The third-order valence-electron chi connectivity index (χ3n) is 2.75. The number of hydrogen-bond acceptors (Lipinski definition) is 3. The molecule has 4 nitrogen and oxygen atoms in total. The molecule has 0 saturated heterocycles. The Morgan fingerprint density at radius 3 is 2.71 bits per heavy atom. The smallest absolute Gasteiger partial charge is 0.341 e. The van der Waals surface area contributed by atoms with Crippen LogP contribution in [0.2, 0.25) is 10.0 Å². The molecule has 0 radical (unpaired) electrons. The van der Waals surface area contributed by atoms with E-state index < -0.39 is 18.1 Å². The number of ether oxygens (including phenoxy) is 1. The molecular weight excluding hydrogens is 325 g/mol. The predicted octanol–water partition coefficient (Wildman–Crippen LogP) is 3.96. The van der Waals surface area contributed by atoms with Gasteiger partial charge in [0.2, 0.25) is 0 Å². The fraction of sp³-hybridized carbons (Fsp3) is 0.231. The van der Waals surface area contributed by atoms with Crippen molar-refractivity contribution in [2.75, 3.05) is 7.11 Å². The first-order valence-electron chi connectivity index (χ1n) is 5.80. The van der Waals surface area contributed by atoms with Gasteiger partial charge in [0.25, 0.3) is 6.43 Å². The maximum absolute atomic E-state index is 12.9. The summed E-state index contributed by atoms with van der Waals surface area (Å²) in [6.45, 7) is 0.132. The molecule has 0 bridgehead atoms. The van der Waals surface area contributed by atoms with Crippen LogP contribution >= 0.6 is 23.2 Å². The molecule has 0 fully saturated rings. The van der Waals surface area contributed by atoms with Gasteiger partial charge in [-0.2, -0.15) is 5.10 Å². The number of aromatic nitrogens is 2. The van der Waals surface area contributed by atoms with Crippen LogP contribution < -0.4 is 0 Å².